The van der Waals surface area contributed by atoms with Crippen molar-refractivity contribution in [2.75, 3.05) is 43.1 Å². The number of amides is 3. The van der Waals surface area contributed by atoms with Gasteiger partial charge in [0.05, 0.1) is 59.4 Å². The first-order valence-electron chi connectivity index (χ1n) is 22.6. The Morgan fingerprint density at radius 1 is 1.08 bits per heavy atom. The number of ether oxygens (including phenoxy) is 2. The molecule has 17 nitrogen and oxygen atoms in total. The van der Waals surface area contributed by atoms with Gasteiger partial charge in [0.25, 0.3) is 12.3 Å². The van der Waals surface area contributed by atoms with E-state index in [1.54, 1.807) is 30.2 Å². The topological polar surface area (TPSA) is 175 Å². The van der Waals surface area contributed by atoms with Gasteiger partial charge in [-0.15, -0.1) is 0 Å². The van der Waals surface area contributed by atoms with E-state index in [1.807, 2.05) is 18.2 Å². The number of piperidine rings is 2. The van der Waals surface area contributed by atoms with Crippen molar-refractivity contribution in [3.8, 4) is 11.8 Å². The zero-order valence-electron chi connectivity index (χ0n) is 36.7. The monoisotopic (exact) mass is 889 g/mol. The van der Waals surface area contributed by atoms with Gasteiger partial charge in [-0.3, -0.25) is 33.5 Å². The fourth-order valence-electron chi connectivity index (χ4n) is 10.9. The predicted octanol–water partition coefficient (Wildman–Crippen LogP) is 1.91. The molecule has 338 valence electrons. The highest BCUT2D eigenvalue weighted by molar-refractivity contribution is 6.40. The number of aryl methyl sites for hydroxylation is 1. The van der Waals surface area contributed by atoms with Crippen LogP contribution in [0, 0.1) is 17.8 Å². The van der Waals surface area contributed by atoms with Crippen molar-refractivity contribution in [1.82, 2.24) is 43.7 Å². The van der Waals surface area contributed by atoms with Crippen molar-refractivity contribution in [1.29, 1.82) is 0 Å². The minimum Gasteiger partial charge on any atom is -0.374 e. The summed E-state index contributed by atoms with van der Waals surface area (Å²) in [5.74, 6) is 6.05. The molecule has 2 N–H and O–H groups in total. The van der Waals surface area contributed by atoms with Gasteiger partial charge in [-0.2, -0.15) is 10.2 Å². The molecule has 5 aromatic rings. The van der Waals surface area contributed by atoms with Crippen molar-refractivity contribution >= 4 is 61.6 Å². The Hall–Kier alpha value is -5.84. The maximum absolute atomic E-state index is 14.4. The van der Waals surface area contributed by atoms with Gasteiger partial charge in [0, 0.05) is 32.4 Å². The van der Waals surface area contributed by atoms with Gasteiger partial charge in [-0.25, -0.2) is 23.1 Å². The van der Waals surface area contributed by atoms with Gasteiger partial charge >= 0.3 is 5.69 Å². The quantitative estimate of drug-likeness (QED) is 0.119. The average molecular weight is 890 g/mol. The number of hydrogen-bond acceptors (Lipinski definition) is 11. The molecule has 2 bridgehead atoms. The SMILES string of the molecule is BC(B)(C1CCC(n2cc(NC(=O)c3cnn4ccc(N5C[C@H]6C[C@@H]5CO6)nc34)c(C(F)F)n2)CC1)N1CCC(OCC#Cc2cccc3c2n(C)c(=O)n3C2CCC(=O)NC2=O)CC1. The predicted molar refractivity (Wildman–Crippen MR) is 240 cm³/mol. The molecule has 1 unspecified atom stereocenters. The third-order valence-electron chi connectivity index (χ3n) is 14.6. The lowest BCUT2D eigenvalue weighted by atomic mass is 9.50. The Morgan fingerprint density at radius 2 is 1.88 bits per heavy atom. The van der Waals surface area contributed by atoms with Gasteiger partial charge in [0.15, 0.2) is 11.3 Å². The van der Waals surface area contributed by atoms with Gasteiger partial charge in [0.2, 0.25) is 11.8 Å². The number of fused-ring (bicyclic) bond motifs is 4. The summed E-state index contributed by atoms with van der Waals surface area (Å²) in [4.78, 5) is 60.7. The van der Waals surface area contributed by atoms with Gasteiger partial charge in [-0.05, 0) is 93.9 Å². The summed E-state index contributed by atoms with van der Waals surface area (Å²) in [5.41, 5.74) is 1.60. The van der Waals surface area contributed by atoms with E-state index in [-0.39, 0.29) is 71.9 Å². The number of imide groups is 1. The number of imidazole rings is 1. The smallest absolute Gasteiger partial charge is 0.329 e. The summed E-state index contributed by atoms with van der Waals surface area (Å²) in [5, 5.41) is 13.6. The lowest BCUT2D eigenvalue weighted by Gasteiger charge is -2.49. The van der Waals surface area contributed by atoms with Crippen LogP contribution in [0.15, 0.2) is 47.7 Å². The van der Waals surface area contributed by atoms with E-state index >= 15 is 0 Å². The van der Waals surface area contributed by atoms with E-state index in [2.05, 4.69) is 58.2 Å². The van der Waals surface area contributed by atoms with Gasteiger partial charge < -0.3 is 24.6 Å². The Kier molecular flexibility index (Phi) is 11.4. The van der Waals surface area contributed by atoms with E-state index in [4.69, 9.17) is 14.5 Å². The maximum atomic E-state index is 14.4. The second kappa shape index (κ2) is 17.2. The molecular formula is C44H51B2F2N11O6. The minimum atomic E-state index is -2.87. The summed E-state index contributed by atoms with van der Waals surface area (Å²) in [6.45, 7) is 3.35. The number of para-hydroxylation sites is 1. The molecule has 0 spiro atoms. The third-order valence-corrected chi connectivity index (χ3v) is 14.6. The second-order valence-corrected chi connectivity index (χ2v) is 18.6. The van der Waals surface area contributed by atoms with Crippen LogP contribution < -0.4 is 21.2 Å². The van der Waals surface area contributed by atoms with Crippen LogP contribution in [0.25, 0.3) is 16.7 Å². The zero-order chi connectivity index (χ0) is 45.1. The zero-order valence-corrected chi connectivity index (χ0v) is 36.7. The Morgan fingerprint density at radius 3 is 2.60 bits per heavy atom. The molecule has 21 heteroatoms. The first-order chi connectivity index (χ1) is 31.3. The standard InChI is InChI=1S/C44H51B2F2N11O6/c1-54-38-25(4-2-6-33(38)59(43(54)63)34-11-12-36(60)52-42(34)62)5-3-19-64-29-13-16-55(17-14-29)44(45,46)26-7-9-27(10-8-26)58-23-32(37(53-58)39(47)48)50-41(61)31-21-49-57-18-15-35(51-40(31)57)56-22-30-20-28(56)24-65-30/h2,4,6,15,18,21,23,26-30,34,39H,7-14,16-17,19-20,22,24,45-46H2,1H3,(H,50,61)(H,52,60,62)/t26?,27?,28-,30-,34?/m1/s1. The molecule has 1 aromatic carbocycles. The van der Waals surface area contributed by atoms with Crippen LogP contribution >= 0.6 is 0 Å². The number of likely N-dealkylation sites (tertiary alicyclic amines) is 1. The Labute approximate surface area is 375 Å². The lowest BCUT2D eigenvalue weighted by molar-refractivity contribution is -0.135. The molecule has 10 rings (SSSR count). The molecule has 3 atom stereocenters. The fraction of sp³-hybridized carbons (Fsp3) is 0.523. The van der Waals surface area contributed by atoms with E-state index in [0.29, 0.717) is 34.8 Å². The highest BCUT2D eigenvalue weighted by Gasteiger charge is 2.41. The number of nitrogens with one attached hydrogen (secondary N) is 2. The maximum Gasteiger partial charge on any atom is 0.329 e. The molecule has 65 heavy (non-hydrogen) atoms. The Balaban J connectivity index is 0.725. The van der Waals surface area contributed by atoms with Gasteiger partial charge in [-0.1, -0.05) is 17.9 Å². The largest absolute Gasteiger partial charge is 0.374 e. The summed E-state index contributed by atoms with van der Waals surface area (Å²) in [6, 6.07) is 6.70. The molecular weight excluding hydrogens is 838 g/mol. The molecule has 5 fully saturated rings. The van der Waals surface area contributed by atoms with Crippen LogP contribution in [-0.4, -0.2) is 128 Å². The van der Waals surface area contributed by atoms with Crippen molar-refractivity contribution < 1.29 is 32.6 Å². The molecule has 4 aromatic heterocycles. The van der Waals surface area contributed by atoms with Crippen LogP contribution in [-0.2, 0) is 26.1 Å². The fourth-order valence-corrected chi connectivity index (χ4v) is 10.9. The summed E-state index contributed by atoms with van der Waals surface area (Å²) >= 11 is 0. The van der Waals surface area contributed by atoms with Crippen LogP contribution in [0.1, 0.15) is 97.9 Å². The average Bonchev–Trinajstić information content (AvgIpc) is 4.15. The number of anilines is 2. The number of morpholine rings is 1. The number of nitrogens with zero attached hydrogens (tertiary/aromatic N) is 9. The normalized spacial score (nSPS) is 24.2. The number of carbonyl (C=O) groups is 3. The van der Waals surface area contributed by atoms with Crippen LogP contribution in [0.3, 0.4) is 0 Å². The summed E-state index contributed by atoms with van der Waals surface area (Å²) < 4.78 is 46.8. The minimum absolute atomic E-state index is 0.0148. The van der Waals surface area contributed by atoms with Crippen molar-refractivity contribution in [3.63, 3.8) is 0 Å². The lowest BCUT2D eigenvalue weighted by Crippen LogP contribution is -2.58. The highest BCUT2D eigenvalue weighted by atomic mass is 19.3. The summed E-state index contributed by atoms with van der Waals surface area (Å²) in [6.07, 6.45) is 8.52. The van der Waals surface area contributed by atoms with Crippen LogP contribution in [0.2, 0.25) is 0 Å². The summed E-state index contributed by atoms with van der Waals surface area (Å²) in [7, 11) is 6.25. The molecule has 5 aliphatic rings. The van der Waals surface area contributed by atoms with E-state index in [0.717, 1.165) is 70.4 Å². The number of alkyl halides is 2. The third kappa shape index (κ3) is 8.03. The Bertz CT molecular complexity index is 2800. The van der Waals surface area contributed by atoms with Gasteiger partial charge in [0.1, 0.15) is 39.7 Å². The van der Waals surface area contributed by atoms with E-state index in [1.165, 1.54) is 19.8 Å². The van der Waals surface area contributed by atoms with Crippen LogP contribution in [0.4, 0.5) is 20.3 Å². The molecule has 3 amide bonds. The molecule has 4 saturated heterocycles. The first kappa shape index (κ1) is 43.1. The highest BCUT2D eigenvalue weighted by Crippen LogP contribution is 2.40. The number of benzene rings is 1. The molecule has 1 saturated carbocycles. The van der Waals surface area contributed by atoms with Crippen molar-refractivity contribution in [2.45, 2.75) is 99.9 Å². The van der Waals surface area contributed by atoms with E-state index in [9.17, 15) is 28.0 Å². The first-order valence-corrected chi connectivity index (χ1v) is 22.6. The number of carbonyl (C=O) groups excluding carboxylic acids is 3. The number of hydrogen-bond donors (Lipinski definition) is 2. The number of aromatic nitrogens is 7. The molecule has 4 aliphatic heterocycles. The second-order valence-electron chi connectivity index (χ2n) is 18.6. The van der Waals surface area contributed by atoms with E-state index < -0.39 is 30.0 Å². The number of rotatable bonds is 10. The molecule has 0 radical (unpaired) electrons. The van der Waals surface area contributed by atoms with Crippen LogP contribution in [0.5, 0.6) is 0 Å². The van der Waals surface area contributed by atoms with Crippen molar-refractivity contribution in [2.24, 2.45) is 13.0 Å². The van der Waals surface area contributed by atoms with Crippen molar-refractivity contribution in [3.05, 3.63) is 70.2 Å². The molecule has 1 aliphatic carbocycles. The number of halogens is 2. The molecule has 8 heterocycles.